The Morgan fingerprint density at radius 2 is 2.12 bits per heavy atom. The third kappa shape index (κ3) is 3.74. The summed E-state index contributed by atoms with van der Waals surface area (Å²) < 4.78 is 24.6. The Balaban J connectivity index is 1.73. The predicted molar refractivity (Wildman–Crippen MR) is 94.5 cm³/mol. The maximum atomic E-state index is 12.3. The maximum Gasteiger partial charge on any atom is 0.276 e. The average molecular weight is 375 g/mol. The number of thiophene rings is 1. The smallest absolute Gasteiger partial charge is 0.273 e. The fourth-order valence-corrected chi connectivity index (χ4v) is 4.94. The first-order chi connectivity index (χ1) is 11.9. The topological polar surface area (TPSA) is 99.1 Å². The Morgan fingerprint density at radius 1 is 1.36 bits per heavy atom. The number of carbonyl (C=O) groups excluding carboxylic acids is 1. The zero-order chi connectivity index (χ0) is 18.0. The number of benzene rings is 1. The molecule has 0 spiro atoms. The van der Waals surface area contributed by atoms with E-state index in [4.69, 9.17) is 5.26 Å². The van der Waals surface area contributed by atoms with Gasteiger partial charge in [0.15, 0.2) is 0 Å². The van der Waals surface area contributed by atoms with E-state index in [0.717, 1.165) is 19.3 Å². The van der Waals surface area contributed by atoms with Crippen LogP contribution in [0.4, 0.5) is 0 Å². The van der Waals surface area contributed by atoms with E-state index in [9.17, 15) is 13.2 Å². The molecule has 8 heteroatoms. The summed E-state index contributed by atoms with van der Waals surface area (Å²) in [6.07, 6.45) is 3.00. The van der Waals surface area contributed by atoms with Gasteiger partial charge in [0.25, 0.3) is 15.9 Å². The first kappa shape index (κ1) is 17.6. The third-order valence-electron chi connectivity index (χ3n) is 4.15. The van der Waals surface area contributed by atoms with Gasteiger partial charge in [-0.05, 0) is 48.9 Å². The lowest BCUT2D eigenvalue weighted by molar-refractivity contribution is 0.0949. The monoisotopic (exact) mass is 375 g/mol. The van der Waals surface area contributed by atoms with Crippen LogP contribution in [0, 0.1) is 17.2 Å². The molecule has 1 atom stereocenters. The van der Waals surface area contributed by atoms with Crippen molar-refractivity contribution in [3.63, 3.8) is 0 Å². The van der Waals surface area contributed by atoms with Crippen molar-refractivity contribution < 1.29 is 13.2 Å². The van der Waals surface area contributed by atoms with E-state index in [1.165, 1.54) is 40.0 Å². The van der Waals surface area contributed by atoms with Crippen molar-refractivity contribution in [1.29, 1.82) is 5.26 Å². The molecule has 0 radical (unpaired) electrons. The van der Waals surface area contributed by atoms with Crippen LogP contribution in [0.2, 0.25) is 0 Å². The molecule has 1 unspecified atom stereocenters. The molecular weight excluding hydrogens is 358 g/mol. The summed E-state index contributed by atoms with van der Waals surface area (Å²) in [5, 5.41) is 9.02. The number of hydrazine groups is 1. The Labute approximate surface area is 150 Å². The van der Waals surface area contributed by atoms with Crippen LogP contribution in [-0.2, 0) is 22.9 Å². The van der Waals surface area contributed by atoms with Crippen molar-refractivity contribution in [3.8, 4) is 6.07 Å². The highest BCUT2D eigenvalue weighted by Crippen LogP contribution is 2.32. The quantitative estimate of drug-likeness (QED) is 0.802. The summed E-state index contributed by atoms with van der Waals surface area (Å²) in [4.78, 5) is 15.9. The molecule has 0 aliphatic heterocycles. The van der Waals surface area contributed by atoms with E-state index < -0.39 is 15.9 Å². The highest BCUT2D eigenvalue weighted by molar-refractivity contribution is 7.89. The largest absolute Gasteiger partial charge is 0.276 e. The van der Waals surface area contributed by atoms with Crippen molar-refractivity contribution in [3.05, 3.63) is 51.2 Å². The van der Waals surface area contributed by atoms with E-state index in [0.29, 0.717) is 10.8 Å². The maximum absolute atomic E-state index is 12.3. The van der Waals surface area contributed by atoms with Crippen LogP contribution in [0.15, 0.2) is 35.2 Å². The van der Waals surface area contributed by atoms with Gasteiger partial charge in [0.05, 0.1) is 10.4 Å². The van der Waals surface area contributed by atoms with Gasteiger partial charge in [0, 0.05) is 4.88 Å². The number of rotatable bonds is 4. The van der Waals surface area contributed by atoms with E-state index >= 15 is 0 Å². The molecule has 1 aromatic carbocycles. The van der Waals surface area contributed by atoms with Crippen LogP contribution >= 0.6 is 11.3 Å². The molecule has 0 saturated heterocycles. The van der Waals surface area contributed by atoms with Crippen LogP contribution < -0.4 is 10.3 Å². The first-order valence-electron chi connectivity index (χ1n) is 7.83. The number of nitrogens with zero attached hydrogens (tertiary/aromatic N) is 1. The molecule has 1 aliphatic rings. The van der Waals surface area contributed by atoms with Gasteiger partial charge < -0.3 is 0 Å². The Bertz CT molecular complexity index is 958. The molecule has 0 bridgehead atoms. The Morgan fingerprint density at radius 3 is 2.88 bits per heavy atom. The fourth-order valence-electron chi connectivity index (χ4n) is 2.84. The molecule has 6 nitrogen and oxygen atoms in total. The molecule has 0 fully saturated rings. The number of amides is 1. The van der Waals surface area contributed by atoms with E-state index in [-0.39, 0.29) is 10.5 Å². The summed E-state index contributed by atoms with van der Waals surface area (Å²) in [6, 6.07) is 9.49. The minimum Gasteiger partial charge on any atom is -0.273 e. The van der Waals surface area contributed by atoms with Gasteiger partial charge in [-0.15, -0.1) is 16.2 Å². The highest BCUT2D eigenvalue weighted by Gasteiger charge is 2.23. The average Bonchev–Trinajstić information content (AvgIpc) is 3.03. The first-order valence-corrected chi connectivity index (χ1v) is 10.1. The van der Waals surface area contributed by atoms with Crippen LogP contribution in [0.5, 0.6) is 0 Å². The predicted octanol–water partition coefficient (Wildman–Crippen LogP) is 2.37. The zero-order valence-electron chi connectivity index (χ0n) is 13.6. The van der Waals surface area contributed by atoms with Gasteiger partial charge >= 0.3 is 0 Å². The molecular formula is C17H17N3O3S2. The van der Waals surface area contributed by atoms with Gasteiger partial charge in [-0.25, -0.2) is 8.42 Å². The second-order valence-electron chi connectivity index (χ2n) is 6.07. The van der Waals surface area contributed by atoms with Crippen LogP contribution in [-0.4, -0.2) is 14.3 Å². The summed E-state index contributed by atoms with van der Waals surface area (Å²) in [7, 11) is -4.02. The van der Waals surface area contributed by atoms with E-state index in [1.807, 2.05) is 12.1 Å². The molecule has 130 valence electrons. The fraction of sp³-hybridized carbons (Fsp3) is 0.294. The van der Waals surface area contributed by atoms with Crippen molar-refractivity contribution in [2.45, 2.75) is 31.1 Å². The number of nitrogens with one attached hydrogen (secondary N) is 2. The van der Waals surface area contributed by atoms with Crippen molar-refractivity contribution in [1.82, 2.24) is 10.3 Å². The normalized spacial score (nSPS) is 16.7. The zero-order valence-corrected chi connectivity index (χ0v) is 15.2. The highest BCUT2D eigenvalue weighted by atomic mass is 32.2. The minimum atomic E-state index is -4.02. The van der Waals surface area contributed by atoms with Gasteiger partial charge in [0.1, 0.15) is 11.0 Å². The molecule has 1 aliphatic carbocycles. The van der Waals surface area contributed by atoms with E-state index in [1.54, 1.807) is 6.07 Å². The molecule has 0 saturated carbocycles. The Kier molecular flexibility index (Phi) is 4.90. The molecule has 1 amide bonds. The van der Waals surface area contributed by atoms with Crippen LogP contribution in [0.25, 0.3) is 0 Å². The second-order valence-corrected chi connectivity index (χ2v) is 8.86. The number of sulfonamides is 1. The molecule has 1 heterocycles. The molecule has 2 aromatic rings. The lowest BCUT2D eigenvalue weighted by Gasteiger charge is -2.16. The van der Waals surface area contributed by atoms with Gasteiger partial charge in [-0.1, -0.05) is 19.1 Å². The summed E-state index contributed by atoms with van der Waals surface area (Å²) >= 11 is 1.40. The number of hydrogen-bond acceptors (Lipinski definition) is 5. The van der Waals surface area contributed by atoms with Gasteiger partial charge in [-0.3, -0.25) is 10.2 Å². The van der Waals surface area contributed by atoms with Crippen LogP contribution in [0.1, 0.15) is 39.0 Å². The molecule has 3 rings (SSSR count). The minimum absolute atomic E-state index is 0.0184. The number of fused-ring (bicyclic) bond motifs is 1. The Hall–Kier alpha value is -2.21. The lowest BCUT2D eigenvalue weighted by atomic mass is 9.90. The number of hydrogen-bond donors (Lipinski definition) is 2. The lowest BCUT2D eigenvalue weighted by Crippen LogP contribution is -2.41. The summed E-state index contributed by atoms with van der Waals surface area (Å²) in [5.74, 6) is 0.101. The number of nitriles is 1. The van der Waals surface area contributed by atoms with Crippen molar-refractivity contribution in [2.24, 2.45) is 5.92 Å². The SMILES string of the molecule is CC1CCc2sc(C(=O)NNS(=O)(=O)c3ccccc3C#N)cc2C1. The molecule has 25 heavy (non-hydrogen) atoms. The van der Waals surface area contributed by atoms with Gasteiger partial charge in [-0.2, -0.15) is 5.26 Å². The summed E-state index contributed by atoms with van der Waals surface area (Å²) in [6.45, 7) is 2.18. The molecule has 1 aromatic heterocycles. The van der Waals surface area contributed by atoms with Crippen molar-refractivity contribution >= 4 is 27.3 Å². The second kappa shape index (κ2) is 6.96. The standard InChI is InChI=1S/C17H17N3O3S2/c1-11-6-7-14-13(8-11)9-15(24-14)17(21)19-20-25(22,23)16-5-3-2-4-12(16)10-18/h2-5,9,11,20H,6-8H2,1H3,(H,19,21). The molecule has 2 N–H and O–H groups in total. The number of carbonyl (C=O) groups is 1. The van der Waals surface area contributed by atoms with Gasteiger partial charge in [0.2, 0.25) is 0 Å². The number of aryl methyl sites for hydroxylation is 1. The van der Waals surface area contributed by atoms with E-state index in [2.05, 4.69) is 17.2 Å². The third-order valence-corrected chi connectivity index (χ3v) is 6.69. The van der Waals surface area contributed by atoms with Crippen LogP contribution in [0.3, 0.4) is 0 Å². The summed E-state index contributed by atoms with van der Waals surface area (Å²) in [5.41, 5.74) is 3.42. The van der Waals surface area contributed by atoms with Crippen molar-refractivity contribution in [2.75, 3.05) is 0 Å².